The van der Waals surface area contributed by atoms with Gasteiger partial charge in [-0.1, -0.05) is 34.6 Å². The Kier molecular flexibility index (Phi) is 6.17. The normalized spacial score (nSPS) is 27.0. The van der Waals surface area contributed by atoms with Crippen molar-refractivity contribution >= 4 is 23.8 Å². The van der Waals surface area contributed by atoms with E-state index in [-0.39, 0.29) is 23.2 Å². The predicted octanol–water partition coefficient (Wildman–Crippen LogP) is 1.44. The molecule has 1 aliphatic carbocycles. The van der Waals surface area contributed by atoms with Crippen LogP contribution in [0.15, 0.2) is 0 Å². The van der Waals surface area contributed by atoms with Crippen molar-refractivity contribution < 1.29 is 23.9 Å². The van der Waals surface area contributed by atoms with Gasteiger partial charge in [0.25, 0.3) is 11.8 Å². The molecule has 0 unspecified atom stereocenters. The molecule has 4 amide bonds. The first-order valence-corrected chi connectivity index (χ1v) is 9.50. The van der Waals surface area contributed by atoms with Crippen LogP contribution in [-0.4, -0.2) is 54.0 Å². The second-order valence-electron chi connectivity index (χ2n) is 9.12. The van der Waals surface area contributed by atoms with Crippen LogP contribution in [0.25, 0.3) is 0 Å². The highest BCUT2D eigenvalue weighted by molar-refractivity contribution is 6.08. The Labute approximate surface area is 160 Å². The van der Waals surface area contributed by atoms with Crippen LogP contribution >= 0.6 is 0 Å². The van der Waals surface area contributed by atoms with Gasteiger partial charge in [0.05, 0.1) is 0 Å². The van der Waals surface area contributed by atoms with Gasteiger partial charge in [-0.05, 0) is 36.5 Å². The molecule has 1 aliphatic heterocycles. The van der Waals surface area contributed by atoms with E-state index in [2.05, 4.69) is 31.4 Å². The first-order chi connectivity index (χ1) is 12.4. The van der Waals surface area contributed by atoms with E-state index in [4.69, 9.17) is 4.74 Å². The van der Waals surface area contributed by atoms with E-state index in [9.17, 15) is 19.2 Å². The quantitative estimate of drug-likeness (QED) is 0.535. The zero-order valence-electron chi connectivity index (χ0n) is 16.9. The van der Waals surface area contributed by atoms with E-state index in [0.717, 1.165) is 11.3 Å². The van der Waals surface area contributed by atoms with Gasteiger partial charge in [0.1, 0.15) is 12.1 Å². The highest BCUT2D eigenvalue weighted by atomic mass is 16.5. The minimum atomic E-state index is -0.951. The lowest BCUT2D eigenvalue weighted by molar-refractivity contribution is -0.151. The van der Waals surface area contributed by atoms with E-state index >= 15 is 0 Å². The summed E-state index contributed by atoms with van der Waals surface area (Å²) < 4.78 is 4.91. The molecule has 2 aliphatic rings. The number of esters is 1. The highest BCUT2D eigenvalue weighted by Crippen LogP contribution is 2.46. The summed E-state index contributed by atoms with van der Waals surface area (Å²) in [5.41, 5.74) is -1.03. The second kappa shape index (κ2) is 7.86. The molecule has 0 radical (unpaired) electrons. The molecule has 2 atom stereocenters. The van der Waals surface area contributed by atoms with Gasteiger partial charge in [0, 0.05) is 6.54 Å². The lowest BCUT2D eigenvalue weighted by atomic mass is 9.64. The smallest absolute Gasteiger partial charge is 0.326 e. The first kappa shape index (κ1) is 21.2. The van der Waals surface area contributed by atoms with Crippen molar-refractivity contribution in [2.45, 2.75) is 59.4 Å². The van der Waals surface area contributed by atoms with Crippen LogP contribution in [0.1, 0.15) is 53.9 Å². The number of ether oxygens (including phenoxy) is 1. The van der Waals surface area contributed by atoms with Gasteiger partial charge in [-0.15, -0.1) is 0 Å². The van der Waals surface area contributed by atoms with Gasteiger partial charge in [-0.2, -0.15) is 0 Å². The van der Waals surface area contributed by atoms with Gasteiger partial charge in [0.2, 0.25) is 0 Å². The summed E-state index contributed by atoms with van der Waals surface area (Å²) in [6.45, 7) is 9.70. The summed E-state index contributed by atoms with van der Waals surface area (Å²) in [6, 6.07) is -0.578. The standard InChI is InChI=1S/C19H31N3O5/c1-12(2)8-20-14(23)10-27-15(24)9-22-16(25)19(21-17(22)26)7-13(3)6-18(4,5)11-19/h12-13H,6-11H2,1-5H3,(H,20,23)(H,21,26)/t13-,19-/m1/s1. The molecule has 1 spiro atoms. The largest absolute Gasteiger partial charge is 0.454 e. The lowest BCUT2D eigenvalue weighted by Gasteiger charge is -2.43. The molecular weight excluding hydrogens is 350 g/mol. The van der Waals surface area contributed by atoms with E-state index in [1.54, 1.807) is 0 Å². The fourth-order valence-corrected chi connectivity index (χ4v) is 4.34. The van der Waals surface area contributed by atoms with Crippen LogP contribution in [0, 0.1) is 17.3 Å². The number of hydrogen-bond donors (Lipinski definition) is 2. The monoisotopic (exact) mass is 381 g/mol. The molecular formula is C19H31N3O5. The van der Waals surface area contributed by atoms with Crippen LogP contribution in [0.2, 0.25) is 0 Å². The van der Waals surface area contributed by atoms with Crippen molar-refractivity contribution in [3.05, 3.63) is 0 Å². The average molecular weight is 381 g/mol. The summed E-state index contributed by atoms with van der Waals surface area (Å²) in [6.07, 6.45) is 2.08. The molecule has 1 heterocycles. The van der Waals surface area contributed by atoms with Gasteiger partial charge < -0.3 is 15.4 Å². The van der Waals surface area contributed by atoms with Crippen molar-refractivity contribution in [3.63, 3.8) is 0 Å². The van der Waals surface area contributed by atoms with Gasteiger partial charge >= 0.3 is 12.0 Å². The maximum atomic E-state index is 12.9. The van der Waals surface area contributed by atoms with Crippen molar-refractivity contribution in [3.8, 4) is 0 Å². The average Bonchev–Trinajstić information content (AvgIpc) is 2.72. The molecule has 0 aromatic rings. The number of carbonyl (C=O) groups excluding carboxylic acids is 4. The topological polar surface area (TPSA) is 105 Å². The molecule has 1 saturated carbocycles. The first-order valence-electron chi connectivity index (χ1n) is 9.50. The summed E-state index contributed by atoms with van der Waals surface area (Å²) in [7, 11) is 0. The van der Waals surface area contributed by atoms with Gasteiger partial charge in [-0.3, -0.25) is 19.3 Å². The predicted molar refractivity (Wildman–Crippen MR) is 98.6 cm³/mol. The molecule has 2 rings (SSSR count). The van der Waals surface area contributed by atoms with Crippen molar-refractivity contribution in [1.82, 2.24) is 15.5 Å². The van der Waals surface area contributed by atoms with E-state index in [1.807, 2.05) is 13.8 Å². The maximum absolute atomic E-state index is 12.9. The van der Waals surface area contributed by atoms with Gasteiger partial charge in [0.15, 0.2) is 6.61 Å². The van der Waals surface area contributed by atoms with E-state index < -0.39 is 36.6 Å². The van der Waals surface area contributed by atoms with Crippen LogP contribution < -0.4 is 10.6 Å². The number of urea groups is 1. The molecule has 0 bridgehead atoms. The Morgan fingerprint density at radius 3 is 2.56 bits per heavy atom. The number of rotatable bonds is 6. The number of nitrogens with one attached hydrogen (secondary N) is 2. The number of carbonyl (C=O) groups is 4. The zero-order valence-corrected chi connectivity index (χ0v) is 16.9. The minimum Gasteiger partial charge on any atom is -0.454 e. The molecule has 8 heteroatoms. The number of amides is 4. The van der Waals surface area contributed by atoms with Crippen molar-refractivity contribution in [1.29, 1.82) is 0 Å². The molecule has 2 fully saturated rings. The summed E-state index contributed by atoms with van der Waals surface area (Å²) in [4.78, 5) is 49.8. The third kappa shape index (κ3) is 5.20. The fraction of sp³-hybridized carbons (Fsp3) is 0.789. The fourth-order valence-electron chi connectivity index (χ4n) is 4.34. The zero-order chi connectivity index (χ0) is 20.4. The van der Waals surface area contributed by atoms with E-state index in [1.165, 1.54) is 0 Å². The molecule has 152 valence electrons. The third-order valence-corrected chi connectivity index (χ3v) is 4.98. The number of nitrogens with zero attached hydrogens (tertiary/aromatic N) is 1. The summed E-state index contributed by atoms with van der Waals surface area (Å²) in [5, 5.41) is 5.44. The minimum absolute atomic E-state index is 0.0777. The Bertz CT molecular complexity index is 631. The second-order valence-corrected chi connectivity index (χ2v) is 9.12. The highest BCUT2D eigenvalue weighted by Gasteiger charge is 2.56. The van der Waals surface area contributed by atoms with Crippen LogP contribution in [-0.2, 0) is 19.1 Å². The molecule has 1 saturated heterocycles. The third-order valence-electron chi connectivity index (χ3n) is 4.98. The number of hydrogen-bond acceptors (Lipinski definition) is 5. The van der Waals surface area contributed by atoms with Crippen molar-refractivity contribution in [2.24, 2.45) is 17.3 Å². The van der Waals surface area contributed by atoms with Gasteiger partial charge in [-0.25, -0.2) is 4.79 Å². The maximum Gasteiger partial charge on any atom is 0.326 e. The molecule has 0 aromatic heterocycles. The Balaban J connectivity index is 1.93. The SMILES string of the molecule is CC(C)CNC(=O)COC(=O)CN1C(=O)N[C@@]2(C[C@H](C)CC(C)(C)C2)C1=O. The Morgan fingerprint density at radius 1 is 1.30 bits per heavy atom. The molecule has 0 aromatic carbocycles. The van der Waals surface area contributed by atoms with Crippen LogP contribution in [0.3, 0.4) is 0 Å². The van der Waals surface area contributed by atoms with Crippen molar-refractivity contribution in [2.75, 3.05) is 19.7 Å². The van der Waals surface area contributed by atoms with E-state index in [0.29, 0.717) is 19.4 Å². The Morgan fingerprint density at radius 2 is 1.96 bits per heavy atom. The lowest BCUT2D eigenvalue weighted by Crippen LogP contribution is -2.54. The summed E-state index contributed by atoms with van der Waals surface area (Å²) >= 11 is 0. The summed E-state index contributed by atoms with van der Waals surface area (Å²) in [5.74, 6) is -0.997. The van der Waals surface area contributed by atoms with Crippen LogP contribution in [0.5, 0.6) is 0 Å². The Hall–Kier alpha value is -2.12. The molecule has 8 nitrogen and oxygen atoms in total. The molecule has 27 heavy (non-hydrogen) atoms. The van der Waals surface area contributed by atoms with Crippen LogP contribution in [0.4, 0.5) is 4.79 Å². The molecule has 2 N–H and O–H groups in total. The number of imide groups is 1.